The number of nitrogens with two attached hydrogens (primary N) is 1. The van der Waals surface area contributed by atoms with Crippen LogP contribution in [0.5, 0.6) is 0 Å². The summed E-state index contributed by atoms with van der Waals surface area (Å²) in [5, 5.41) is 4.07. The van der Waals surface area contributed by atoms with Gasteiger partial charge in [-0.15, -0.1) is 36.2 Å². The fourth-order valence-electron chi connectivity index (χ4n) is 2.47. The summed E-state index contributed by atoms with van der Waals surface area (Å²) in [4.78, 5) is 17.5. The third kappa shape index (κ3) is 5.74. The Labute approximate surface area is 143 Å². The number of nitrogens with zero attached hydrogens (tertiary/aromatic N) is 1. The minimum absolute atomic E-state index is 0. The lowest BCUT2D eigenvalue weighted by molar-refractivity contribution is 0.0956. The maximum Gasteiger partial charge on any atom is 0.263 e. The van der Waals surface area contributed by atoms with E-state index in [0.717, 1.165) is 22.0 Å². The van der Waals surface area contributed by atoms with E-state index in [0.29, 0.717) is 12.5 Å². The van der Waals surface area contributed by atoms with Gasteiger partial charge in [0.2, 0.25) is 0 Å². The fourth-order valence-corrected chi connectivity index (χ4v) is 3.62. The van der Waals surface area contributed by atoms with E-state index in [2.05, 4.69) is 10.3 Å². The van der Waals surface area contributed by atoms with E-state index >= 15 is 0 Å². The molecule has 7 heteroatoms. The summed E-state index contributed by atoms with van der Waals surface area (Å²) in [5.41, 5.74) is 6.54. The third-order valence-electron chi connectivity index (χ3n) is 3.61. The van der Waals surface area contributed by atoms with Gasteiger partial charge in [0, 0.05) is 18.5 Å². The van der Waals surface area contributed by atoms with Crippen molar-refractivity contribution >= 4 is 42.1 Å². The molecule has 1 saturated carbocycles. The van der Waals surface area contributed by atoms with Crippen LogP contribution >= 0.6 is 36.2 Å². The van der Waals surface area contributed by atoms with Gasteiger partial charge in [0.25, 0.3) is 5.91 Å². The molecule has 1 unspecified atom stereocenters. The van der Waals surface area contributed by atoms with Gasteiger partial charge in [0.05, 0.1) is 10.7 Å². The SMILES string of the molecule is Cc1nc(C2CCCC2)sc1C(=O)NCCC(C)N.Cl.Cl. The fraction of sp³-hybridized carbons (Fsp3) is 0.714. The maximum absolute atomic E-state index is 12.1. The predicted octanol–water partition coefficient (Wildman–Crippen LogP) is 3.42. The van der Waals surface area contributed by atoms with Crippen LogP contribution in [0.25, 0.3) is 0 Å². The monoisotopic (exact) mass is 353 g/mol. The highest BCUT2D eigenvalue weighted by molar-refractivity contribution is 7.13. The topological polar surface area (TPSA) is 68.0 Å². The minimum atomic E-state index is -0.0000954. The molecule has 0 bridgehead atoms. The van der Waals surface area contributed by atoms with Crippen molar-refractivity contribution in [1.82, 2.24) is 10.3 Å². The zero-order valence-corrected chi connectivity index (χ0v) is 15.0. The molecule has 0 aliphatic heterocycles. The first-order valence-electron chi connectivity index (χ1n) is 7.09. The lowest BCUT2D eigenvalue weighted by Crippen LogP contribution is -2.28. The van der Waals surface area contributed by atoms with Crippen molar-refractivity contribution in [1.29, 1.82) is 0 Å². The van der Waals surface area contributed by atoms with E-state index in [4.69, 9.17) is 5.73 Å². The molecule has 1 aliphatic carbocycles. The Balaban J connectivity index is 0.00000200. The Morgan fingerprint density at radius 2 is 2.05 bits per heavy atom. The minimum Gasteiger partial charge on any atom is -0.351 e. The molecule has 1 aromatic heterocycles. The highest BCUT2D eigenvalue weighted by Crippen LogP contribution is 2.37. The van der Waals surface area contributed by atoms with E-state index in [9.17, 15) is 4.79 Å². The van der Waals surface area contributed by atoms with Crippen molar-refractivity contribution in [3.63, 3.8) is 0 Å². The number of halogens is 2. The Morgan fingerprint density at radius 1 is 1.43 bits per heavy atom. The van der Waals surface area contributed by atoms with Crippen LogP contribution in [0.2, 0.25) is 0 Å². The van der Waals surface area contributed by atoms with Crippen LogP contribution < -0.4 is 11.1 Å². The number of aromatic nitrogens is 1. The molecule has 0 spiro atoms. The molecule has 0 radical (unpaired) electrons. The summed E-state index contributed by atoms with van der Waals surface area (Å²) in [6, 6.07) is 0.122. The molecular formula is C14H25Cl2N3OS. The molecule has 1 amide bonds. The second-order valence-electron chi connectivity index (χ2n) is 5.47. The molecule has 1 aromatic rings. The van der Waals surface area contributed by atoms with Crippen LogP contribution in [0.15, 0.2) is 0 Å². The van der Waals surface area contributed by atoms with Crippen molar-refractivity contribution in [3.05, 3.63) is 15.6 Å². The van der Waals surface area contributed by atoms with Crippen molar-refractivity contribution < 1.29 is 4.79 Å². The summed E-state index contributed by atoms with van der Waals surface area (Å²) >= 11 is 1.57. The van der Waals surface area contributed by atoms with Gasteiger partial charge in [-0.2, -0.15) is 0 Å². The summed E-state index contributed by atoms with van der Waals surface area (Å²) in [6.45, 7) is 4.50. The average Bonchev–Trinajstić information content (AvgIpc) is 2.96. The van der Waals surface area contributed by atoms with Crippen LogP contribution in [-0.4, -0.2) is 23.5 Å². The highest BCUT2D eigenvalue weighted by atomic mass is 35.5. The van der Waals surface area contributed by atoms with E-state index in [-0.39, 0.29) is 36.8 Å². The molecule has 1 fully saturated rings. The lowest BCUT2D eigenvalue weighted by Gasteiger charge is -2.06. The first-order valence-corrected chi connectivity index (χ1v) is 7.90. The standard InChI is InChI=1S/C14H23N3OS.2ClH/c1-9(15)7-8-16-13(18)12-10(2)17-14(19-12)11-5-3-4-6-11;;/h9,11H,3-8,15H2,1-2H3,(H,16,18);2*1H. The van der Waals surface area contributed by atoms with Gasteiger partial charge in [-0.1, -0.05) is 12.8 Å². The molecule has 3 N–H and O–H groups in total. The van der Waals surface area contributed by atoms with Crippen molar-refractivity contribution in [2.45, 2.75) is 57.9 Å². The van der Waals surface area contributed by atoms with E-state index in [1.165, 1.54) is 25.7 Å². The van der Waals surface area contributed by atoms with Gasteiger partial charge in [-0.05, 0) is 33.1 Å². The first-order chi connectivity index (χ1) is 9.08. The number of aryl methyl sites for hydroxylation is 1. The first kappa shape index (κ1) is 20.6. The summed E-state index contributed by atoms with van der Waals surface area (Å²) < 4.78 is 0. The molecule has 0 saturated heterocycles. The van der Waals surface area contributed by atoms with E-state index in [1.54, 1.807) is 11.3 Å². The Kier molecular flexibility index (Phi) is 9.45. The molecule has 2 rings (SSSR count). The van der Waals surface area contributed by atoms with Crippen LogP contribution in [0.4, 0.5) is 0 Å². The maximum atomic E-state index is 12.1. The summed E-state index contributed by atoms with van der Waals surface area (Å²) in [7, 11) is 0. The molecular weight excluding hydrogens is 329 g/mol. The largest absolute Gasteiger partial charge is 0.351 e. The Hall–Kier alpha value is -0.360. The molecule has 4 nitrogen and oxygen atoms in total. The summed E-state index contributed by atoms with van der Waals surface area (Å²) in [6.07, 6.45) is 5.83. The van der Waals surface area contributed by atoms with Crippen LogP contribution in [0, 0.1) is 6.92 Å². The molecule has 122 valence electrons. The van der Waals surface area contributed by atoms with Gasteiger partial charge in [0.1, 0.15) is 4.88 Å². The number of amides is 1. The Bertz CT molecular complexity index is 445. The van der Waals surface area contributed by atoms with Crippen LogP contribution in [0.3, 0.4) is 0 Å². The second kappa shape index (κ2) is 9.62. The number of hydrogen-bond acceptors (Lipinski definition) is 4. The van der Waals surface area contributed by atoms with Gasteiger partial charge < -0.3 is 11.1 Å². The van der Waals surface area contributed by atoms with Crippen molar-refractivity contribution in [3.8, 4) is 0 Å². The molecule has 1 aliphatic rings. The third-order valence-corrected chi connectivity index (χ3v) is 4.93. The number of carbonyl (C=O) groups excluding carboxylic acids is 1. The number of rotatable bonds is 5. The van der Waals surface area contributed by atoms with Crippen LogP contribution in [-0.2, 0) is 0 Å². The molecule has 0 aromatic carbocycles. The number of hydrogen-bond donors (Lipinski definition) is 2. The normalized spacial score (nSPS) is 16.0. The van der Waals surface area contributed by atoms with Crippen molar-refractivity contribution in [2.24, 2.45) is 5.73 Å². The van der Waals surface area contributed by atoms with E-state index in [1.807, 2.05) is 13.8 Å². The summed E-state index contributed by atoms with van der Waals surface area (Å²) in [5.74, 6) is 0.578. The number of carbonyl (C=O) groups is 1. The lowest BCUT2D eigenvalue weighted by atomic mass is 10.1. The zero-order chi connectivity index (χ0) is 13.8. The quantitative estimate of drug-likeness (QED) is 0.851. The number of thiazole rings is 1. The second-order valence-corrected chi connectivity index (χ2v) is 6.50. The van der Waals surface area contributed by atoms with Crippen molar-refractivity contribution in [2.75, 3.05) is 6.54 Å². The van der Waals surface area contributed by atoms with Gasteiger partial charge in [-0.25, -0.2) is 4.98 Å². The smallest absolute Gasteiger partial charge is 0.263 e. The molecule has 21 heavy (non-hydrogen) atoms. The van der Waals surface area contributed by atoms with Crippen LogP contribution in [0.1, 0.15) is 65.3 Å². The number of nitrogens with one attached hydrogen (secondary N) is 1. The highest BCUT2D eigenvalue weighted by Gasteiger charge is 2.23. The van der Waals surface area contributed by atoms with Gasteiger partial charge in [-0.3, -0.25) is 4.79 Å². The Morgan fingerprint density at radius 3 is 2.62 bits per heavy atom. The van der Waals surface area contributed by atoms with E-state index < -0.39 is 0 Å². The molecule has 1 atom stereocenters. The van der Waals surface area contributed by atoms with Gasteiger partial charge in [0.15, 0.2) is 0 Å². The molecule has 1 heterocycles. The predicted molar refractivity (Wildman–Crippen MR) is 93.2 cm³/mol. The zero-order valence-electron chi connectivity index (χ0n) is 12.6. The van der Waals surface area contributed by atoms with Gasteiger partial charge >= 0.3 is 0 Å². The average molecular weight is 354 g/mol.